The van der Waals surface area contributed by atoms with Crippen LogP contribution in [0.3, 0.4) is 0 Å². The van der Waals surface area contributed by atoms with Crippen molar-refractivity contribution in [3.8, 4) is 0 Å². The first-order valence-electron chi connectivity index (χ1n) is 10.3. The number of rotatable bonds is 6. The van der Waals surface area contributed by atoms with Crippen LogP contribution in [0.5, 0.6) is 0 Å². The first kappa shape index (κ1) is 20.4. The van der Waals surface area contributed by atoms with Crippen LogP contribution in [-0.4, -0.2) is 7.05 Å². The molecular weight excluding hydrogens is 382 g/mol. The highest BCUT2D eigenvalue weighted by atomic mass is 16.3. The van der Waals surface area contributed by atoms with Crippen molar-refractivity contribution < 1.29 is 0 Å². The average molecular weight is 408 g/mol. The highest BCUT2D eigenvalue weighted by molar-refractivity contribution is 5.78. The van der Waals surface area contributed by atoms with Gasteiger partial charge in [-0.3, -0.25) is 0 Å². The molecule has 4 aromatic carbocycles. The predicted octanol–water partition coefficient (Wildman–Crippen LogP) is 7.94. The molecule has 0 aliphatic rings. The number of nitrogens with zero attached hydrogens (tertiary/aromatic N) is 3. The minimum Gasteiger partial charge on any atom is -0.345 e. The zero-order chi connectivity index (χ0) is 21.8. The Hall–Kier alpha value is -3.92. The van der Waals surface area contributed by atoms with Gasteiger partial charge in [0.1, 0.15) is 5.69 Å². The van der Waals surface area contributed by atoms with Crippen molar-refractivity contribution >= 4 is 34.1 Å². The molecule has 0 aliphatic carbocycles. The van der Waals surface area contributed by atoms with E-state index in [9.17, 15) is 4.91 Å². The Bertz CT molecular complexity index is 1100. The third-order valence-electron chi connectivity index (χ3n) is 5.42. The molecule has 0 radical (unpaired) electrons. The SMILES string of the molecule is Cc1ccc(N(c2ccc(C)cc2)c2ccc(N(C)c3ccc(N=O)cc3)cc2)cc1. The number of anilines is 5. The molecule has 0 unspecified atom stereocenters. The first-order chi connectivity index (χ1) is 15.0. The van der Waals surface area contributed by atoms with Crippen molar-refractivity contribution in [2.75, 3.05) is 16.8 Å². The van der Waals surface area contributed by atoms with Crippen LogP contribution in [-0.2, 0) is 0 Å². The van der Waals surface area contributed by atoms with E-state index in [2.05, 4.69) is 102 Å². The maximum Gasteiger partial charge on any atom is 0.108 e. The Morgan fingerprint density at radius 2 is 0.839 bits per heavy atom. The Labute approximate surface area is 183 Å². The molecule has 0 amide bonds. The molecule has 0 aromatic heterocycles. The summed E-state index contributed by atoms with van der Waals surface area (Å²) < 4.78 is 0. The van der Waals surface area contributed by atoms with E-state index in [1.807, 2.05) is 19.2 Å². The third kappa shape index (κ3) is 4.48. The number of hydrogen-bond acceptors (Lipinski definition) is 4. The first-order valence-corrected chi connectivity index (χ1v) is 10.3. The van der Waals surface area contributed by atoms with Gasteiger partial charge in [0.2, 0.25) is 0 Å². The summed E-state index contributed by atoms with van der Waals surface area (Å²) in [5, 5.41) is 2.97. The summed E-state index contributed by atoms with van der Waals surface area (Å²) in [6.07, 6.45) is 0. The van der Waals surface area contributed by atoms with Crippen molar-refractivity contribution in [3.63, 3.8) is 0 Å². The van der Waals surface area contributed by atoms with Crippen molar-refractivity contribution in [2.45, 2.75) is 13.8 Å². The summed E-state index contributed by atoms with van der Waals surface area (Å²) in [7, 11) is 2.01. The molecule has 0 saturated carbocycles. The maximum absolute atomic E-state index is 10.7. The Morgan fingerprint density at radius 1 is 0.516 bits per heavy atom. The van der Waals surface area contributed by atoms with Crippen molar-refractivity contribution in [2.24, 2.45) is 5.18 Å². The fourth-order valence-corrected chi connectivity index (χ4v) is 3.55. The number of aryl methyl sites for hydroxylation is 2. The van der Waals surface area contributed by atoms with Crippen molar-refractivity contribution in [1.82, 2.24) is 0 Å². The molecule has 0 bridgehead atoms. The van der Waals surface area contributed by atoms with Gasteiger partial charge in [-0.1, -0.05) is 35.4 Å². The molecule has 154 valence electrons. The van der Waals surface area contributed by atoms with Crippen LogP contribution in [0.1, 0.15) is 11.1 Å². The zero-order valence-electron chi connectivity index (χ0n) is 18.0. The summed E-state index contributed by atoms with van der Waals surface area (Å²) in [5.74, 6) is 0. The Kier molecular flexibility index (Phi) is 5.80. The maximum atomic E-state index is 10.7. The minimum atomic E-state index is 0.430. The van der Waals surface area contributed by atoms with Gasteiger partial charge in [0.25, 0.3) is 0 Å². The van der Waals surface area contributed by atoms with E-state index < -0.39 is 0 Å². The minimum absolute atomic E-state index is 0.430. The average Bonchev–Trinajstić information content (AvgIpc) is 2.82. The molecule has 4 nitrogen and oxygen atoms in total. The normalized spacial score (nSPS) is 10.5. The second kappa shape index (κ2) is 8.84. The smallest absolute Gasteiger partial charge is 0.108 e. The van der Waals surface area contributed by atoms with Crippen LogP contribution in [0.15, 0.2) is 102 Å². The number of benzene rings is 4. The van der Waals surface area contributed by atoms with Crippen LogP contribution in [0.25, 0.3) is 0 Å². The largest absolute Gasteiger partial charge is 0.345 e. The summed E-state index contributed by atoms with van der Waals surface area (Å²) >= 11 is 0. The Morgan fingerprint density at radius 3 is 1.23 bits per heavy atom. The molecule has 4 heteroatoms. The van der Waals surface area contributed by atoms with E-state index in [4.69, 9.17) is 0 Å². The molecular formula is C27H25N3O. The van der Waals surface area contributed by atoms with Crippen LogP contribution in [0, 0.1) is 18.8 Å². The molecule has 0 fully saturated rings. The topological polar surface area (TPSA) is 35.9 Å². The molecule has 4 rings (SSSR count). The fourth-order valence-electron chi connectivity index (χ4n) is 3.55. The van der Waals surface area contributed by atoms with Crippen LogP contribution >= 0.6 is 0 Å². The lowest BCUT2D eigenvalue weighted by molar-refractivity contribution is 1.20. The van der Waals surface area contributed by atoms with Crippen molar-refractivity contribution in [1.29, 1.82) is 0 Å². The van der Waals surface area contributed by atoms with Gasteiger partial charge >= 0.3 is 0 Å². The van der Waals surface area contributed by atoms with Crippen LogP contribution in [0.4, 0.5) is 34.1 Å². The molecule has 0 saturated heterocycles. The van der Waals surface area contributed by atoms with Gasteiger partial charge in [-0.2, -0.15) is 0 Å². The quantitative estimate of drug-likeness (QED) is 0.304. The molecule has 0 spiro atoms. The monoisotopic (exact) mass is 407 g/mol. The fraction of sp³-hybridized carbons (Fsp3) is 0.111. The second-order valence-corrected chi connectivity index (χ2v) is 7.69. The van der Waals surface area contributed by atoms with E-state index in [1.54, 1.807) is 12.1 Å². The molecule has 0 atom stereocenters. The Balaban J connectivity index is 1.67. The molecule has 0 aliphatic heterocycles. The summed E-state index contributed by atoms with van der Waals surface area (Å²) in [5.41, 5.74) is 8.28. The standard InChI is InChI=1S/C27H25N3O/c1-20-4-10-25(11-5-20)30(26-12-6-21(2)7-13-26)27-18-16-24(17-19-27)29(3)23-14-8-22(28-31)9-15-23/h4-19H,1-3H3. The van der Waals surface area contributed by atoms with Crippen LogP contribution in [0.2, 0.25) is 0 Å². The summed E-state index contributed by atoms with van der Waals surface area (Å²) in [6, 6.07) is 32.9. The lowest BCUT2D eigenvalue weighted by Crippen LogP contribution is -2.12. The van der Waals surface area contributed by atoms with E-state index >= 15 is 0 Å². The van der Waals surface area contributed by atoms with Crippen molar-refractivity contribution in [3.05, 3.63) is 113 Å². The lowest BCUT2D eigenvalue weighted by Gasteiger charge is -2.27. The highest BCUT2D eigenvalue weighted by Crippen LogP contribution is 2.36. The van der Waals surface area contributed by atoms with Gasteiger partial charge in [-0.15, -0.1) is 4.91 Å². The number of hydrogen-bond donors (Lipinski definition) is 0. The molecule has 31 heavy (non-hydrogen) atoms. The highest BCUT2D eigenvalue weighted by Gasteiger charge is 2.13. The van der Waals surface area contributed by atoms with Gasteiger partial charge in [-0.25, -0.2) is 0 Å². The van der Waals surface area contributed by atoms with Gasteiger partial charge in [0.05, 0.1) is 0 Å². The van der Waals surface area contributed by atoms with Gasteiger partial charge < -0.3 is 9.80 Å². The van der Waals surface area contributed by atoms with E-state index in [-0.39, 0.29) is 0 Å². The van der Waals surface area contributed by atoms with Gasteiger partial charge in [0, 0.05) is 35.5 Å². The van der Waals surface area contributed by atoms with E-state index in [0.717, 1.165) is 28.4 Å². The van der Waals surface area contributed by atoms with Crippen LogP contribution < -0.4 is 9.80 Å². The zero-order valence-corrected chi connectivity index (χ0v) is 18.0. The number of nitroso groups, excluding NO2 is 1. The van der Waals surface area contributed by atoms with E-state index in [1.165, 1.54) is 11.1 Å². The summed E-state index contributed by atoms with van der Waals surface area (Å²) in [4.78, 5) is 15.0. The van der Waals surface area contributed by atoms with E-state index in [0.29, 0.717) is 5.69 Å². The third-order valence-corrected chi connectivity index (χ3v) is 5.42. The molecule has 0 heterocycles. The van der Waals surface area contributed by atoms with Gasteiger partial charge in [-0.05, 0) is 91.8 Å². The second-order valence-electron chi connectivity index (χ2n) is 7.69. The lowest BCUT2D eigenvalue weighted by atomic mass is 10.1. The molecule has 0 N–H and O–H groups in total. The summed E-state index contributed by atoms with van der Waals surface area (Å²) in [6.45, 7) is 4.20. The van der Waals surface area contributed by atoms with Gasteiger partial charge in [0.15, 0.2) is 0 Å². The predicted molar refractivity (Wildman–Crippen MR) is 131 cm³/mol. The molecule has 4 aromatic rings.